The van der Waals surface area contributed by atoms with Crippen molar-refractivity contribution in [2.75, 3.05) is 7.11 Å². The van der Waals surface area contributed by atoms with Gasteiger partial charge in [0, 0.05) is 19.0 Å². The zero-order valence-corrected chi connectivity index (χ0v) is 11.5. The second-order valence-electron chi connectivity index (χ2n) is 4.10. The summed E-state index contributed by atoms with van der Waals surface area (Å²) in [6.45, 7) is 1.66. The number of hydrogen-bond acceptors (Lipinski definition) is 8. The molecule has 21 heavy (non-hydrogen) atoms. The Morgan fingerprint density at radius 2 is 2.14 bits per heavy atom. The first-order chi connectivity index (χ1) is 10.0. The molecule has 0 unspecified atom stereocenters. The van der Waals surface area contributed by atoms with Crippen LogP contribution in [-0.2, 0) is 13.2 Å². The summed E-state index contributed by atoms with van der Waals surface area (Å²) in [6, 6.07) is 2.75. The van der Waals surface area contributed by atoms with E-state index in [1.807, 2.05) is 0 Å². The summed E-state index contributed by atoms with van der Waals surface area (Å²) in [5.74, 6) is 1.22. The smallest absolute Gasteiger partial charge is 0.277 e. The minimum atomic E-state index is -0.522. The van der Waals surface area contributed by atoms with Crippen molar-refractivity contribution in [3.8, 4) is 11.5 Å². The number of nitro groups is 1. The highest BCUT2D eigenvalue weighted by Crippen LogP contribution is 2.34. The maximum absolute atomic E-state index is 11.0. The molecular weight excluding hydrogens is 280 g/mol. The average molecular weight is 294 g/mol. The number of nitro benzene ring substituents is 1. The standard InChI is InChI=1S/C12H14N4O5/c1-7-14-15-12(21-7)6-20-11-4-9(16(17)18)8(5-13)3-10(11)19-2/h3-4H,5-6,13H2,1-2H3. The van der Waals surface area contributed by atoms with Crippen LogP contribution >= 0.6 is 0 Å². The monoisotopic (exact) mass is 294 g/mol. The van der Waals surface area contributed by atoms with E-state index in [9.17, 15) is 10.1 Å². The van der Waals surface area contributed by atoms with Crippen molar-refractivity contribution in [2.45, 2.75) is 20.1 Å². The van der Waals surface area contributed by atoms with Gasteiger partial charge in [-0.15, -0.1) is 10.2 Å². The first-order valence-electron chi connectivity index (χ1n) is 6.02. The van der Waals surface area contributed by atoms with Crippen molar-refractivity contribution in [1.29, 1.82) is 0 Å². The highest BCUT2D eigenvalue weighted by atomic mass is 16.6. The molecule has 0 saturated heterocycles. The number of benzene rings is 1. The number of methoxy groups -OCH3 is 1. The number of rotatable bonds is 6. The lowest BCUT2D eigenvalue weighted by molar-refractivity contribution is -0.385. The molecule has 2 N–H and O–H groups in total. The molecule has 2 aromatic rings. The Hall–Kier alpha value is -2.68. The Kier molecular flexibility index (Phi) is 4.33. The van der Waals surface area contributed by atoms with E-state index in [4.69, 9.17) is 19.6 Å². The molecule has 0 fully saturated rings. The van der Waals surface area contributed by atoms with E-state index in [0.29, 0.717) is 17.2 Å². The van der Waals surface area contributed by atoms with Gasteiger partial charge in [0.05, 0.1) is 18.1 Å². The molecule has 0 amide bonds. The number of aryl methyl sites for hydroxylation is 1. The van der Waals surface area contributed by atoms with E-state index in [0.717, 1.165) is 0 Å². The van der Waals surface area contributed by atoms with Crippen LogP contribution in [0, 0.1) is 17.0 Å². The molecule has 9 nitrogen and oxygen atoms in total. The molecule has 0 aliphatic rings. The Morgan fingerprint density at radius 3 is 2.67 bits per heavy atom. The molecule has 0 aliphatic heterocycles. The summed E-state index contributed by atoms with van der Waals surface area (Å²) < 4.78 is 15.8. The Morgan fingerprint density at radius 1 is 1.38 bits per heavy atom. The van der Waals surface area contributed by atoms with Crippen LogP contribution in [-0.4, -0.2) is 22.2 Å². The largest absolute Gasteiger partial charge is 0.493 e. The second-order valence-corrected chi connectivity index (χ2v) is 4.10. The summed E-state index contributed by atoms with van der Waals surface area (Å²) in [7, 11) is 1.44. The number of aromatic nitrogens is 2. The second kappa shape index (κ2) is 6.18. The predicted molar refractivity (Wildman–Crippen MR) is 70.9 cm³/mol. The molecule has 9 heteroatoms. The fourth-order valence-corrected chi connectivity index (χ4v) is 1.73. The Bertz CT molecular complexity index is 655. The van der Waals surface area contributed by atoms with E-state index in [-0.39, 0.29) is 30.5 Å². The summed E-state index contributed by atoms with van der Waals surface area (Å²) in [5, 5.41) is 18.5. The number of ether oxygens (including phenoxy) is 2. The fraction of sp³-hybridized carbons (Fsp3) is 0.333. The van der Waals surface area contributed by atoms with Crippen LogP contribution in [0.25, 0.3) is 0 Å². The molecule has 0 bridgehead atoms. The van der Waals surface area contributed by atoms with E-state index in [2.05, 4.69) is 10.2 Å². The van der Waals surface area contributed by atoms with Crippen LogP contribution in [0.3, 0.4) is 0 Å². The van der Waals surface area contributed by atoms with Gasteiger partial charge in [0.1, 0.15) is 0 Å². The third kappa shape index (κ3) is 3.26. The van der Waals surface area contributed by atoms with Gasteiger partial charge in [-0.05, 0) is 6.07 Å². The molecule has 0 atom stereocenters. The molecule has 0 aliphatic carbocycles. The SMILES string of the molecule is COc1cc(CN)c([N+](=O)[O-])cc1OCc1nnc(C)o1. The van der Waals surface area contributed by atoms with Gasteiger partial charge in [-0.2, -0.15) is 0 Å². The Labute approximate surface area is 119 Å². The molecule has 1 heterocycles. The quantitative estimate of drug-likeness (QED) is 0.624. The fourth-order valence-electron chi connectivity index (χ4n) is 1.73. The molecule has 0 radical (unpaired) electrons. The lowest BCUT2D eigenvalue weighted by Crippen LogP contribution is -2.05. The zero-order valence-electron chi connectivity index (χ0n) is 11.5. The third-order valence-corrected chi connectivity index (χ3v) is 2.70. The molecule has 112 valence electrons. The van der Waals surface area contributed by atoms with Crippen molar-refractivity contribution in [2.24, 2.45) is 5.73 Å². The van der Waals surface area contributed by atoms with Crippen molar-refractivity contribution in [3.63, 3.8) is 0 Å². The van der Waals surface area contributed by atoms with Crippen LogP contribution in [0.2, 0.25) is 0 Å². The van der Waals surface area contributed by atoms with Crippen LogP contribution in [0.4, 0.5) is 5.69 Å². The van der Waals surface area contributed by atoms with Crippen molar-refractivity contribution in [3.05, 3.63) is 39.6 Å². The molecule has 0 spiro atoms. The van der Waals surface area contributed by atoms with Crippen molar-refractivity contribution < 1.29 is 18.8 Å². The summed E-state index contributed by atoms with van der Waals surface area (Å²) in [4.78, 5) is 10.5. The maximum atomic E-state index is 11.0. The molecule has 0 saturated carbocycles. The van der Waals surface area contributed by atoms with Gasteiger partial charge in [-0.3, -0.25) is 10.1 Å². The van der Waals surface area contributed by atoms with E-state index < -0.39 is 4.92 Å². The summed E-state index contributed by atoms with van der Waals surface area (Å²) in [5.41, 5.74) is 5.73. The average Bonchev–Trinajstić information content (AvgIpc) is 2.89. The third-order valence-electron chi connectivity index (χ3n) is 2.70. The summed E-state index contributed by atoms with van der Waals surface area (Å²) >= 11 is 0. The first kappa shape index (κ1) is 14.7. The van der Waals surface area contributed by atoms with Crippen LogP contribution in [0.1, 0.15) is 17.3 Å². The maximum Gasteiger partial charge on any atom is 0.277 e. The Balaban J connectivity index is 2.28. The van der Waals surface area contributed by atoms with Gasteiger partial charge in [0.2, 0.25) is 5.89 Å². The highest BCUT2D eigenvalue weighted by molar-refractivity contribution is 5.54. The van der Waals surface area contributed by atoms with E-state index >= 15 is 0 Å². The normalized spacial score (nSPS) is 10.4. The zero-order chi connectivity index (χ0) is 15.4. The molecule has 1 aromatic carbocycles. The number of nitrogens with zero attached hydrogens (tertiary/aromatic N) is 3. The topological polar surface area (TPSA) is 127 Å². The van der Waals surface area contributed by atoms with Crippen molar-refractivity contribution >= 4 is 5.69 Å². The minimum absolute atomic E-state index is 0.0175. The number of nitrogens with two attached hydrogens (primary N) is 1. The van der Waals surface area contributed by atoms with Crippen LogP contribution < -0.4 is 15.2 Å². The lowest BCUT2D eigenvalue weighted by Gasteiger charge is -2.11. The summed E-state index contributed by atoms with van der Waals surface area (Å²) in [6.07, 6.45) is 0. The number of hydrogen-bond donors (Lipinski definition) is 1. The molecule has 1 aromatic heterocycles. The van der Waals surface area contributed by atoms with Gasteiger partial charge < -0.3 is 19.6 Å². The van der Waals surface area contributed by atoms with Gasteiger partial charge in [-0.25, -0.2) is 0 Å². The highest BCUT2D eigenvalue weighted by Gasteiger charge is 2.19. The first-order valence-corrected chi connectivity index (χ1v) is 6.02. The van der Waals surface area contributed by atoms with Gasteiger partial charge in [0.25, 0.3) is 11.6 Å². The van der Waals surface area contributed by atoms with Gasteiger partial charge >= 0.3 is 0 Å². The molecule has 2 rings (SSSR count). The molecular formula is C12H14N4O5. The van der Waals surface area contributed by atoms with Gasteiger partial charge in [-0.1, -0.05) is 0 Å². The van der Waals surface area contributed by atoms with Gasteiger partial charge in [0.15, 0.2) is 18.1 Å². The van der Waals surface area contributed by atoms with E-state index in [1.165, 1.54) is 19.2 Å². The van der Waals surface area contributed by atoms with Crippen molar-refractivity contribution in [1.82, 2.24) is 10.2 Å². The minimum Gasteiger partial charge on any atom is -0.493 e. The predicted octanol–water partition coefficient (Wildman–Crippen LogP) is 1.33. The van der Waals surface area contributed by atoms with Crippen LogP contribution in [0.5, 0.6) is 11.5 Å². The van der Waals surface area contributed by atoms with E-state index in [1.54, 1.807) is 6.92 Å². The lowest BCUT2D eigenvalue weighted by atomic mass is 10.1. The van der Waals surface area contributed by atoms with Crippen LogP contribution in [0.15, 0.2) is 16.5 Å².